The van der Waals surface area contributed by atoms with Gasteiger partial charge in [0.05, 0.1) is 0 Å². The highest BCUT2D eigenvalue weighted by molar-refractivity contribution is 14.1. The van der Waals surface area contributed by atoms with Gasteiger partial charge in [0.1, 0.15) is 5.65 Å². The molecular formula is C14H16BrIN2. The van der Waals surface area contributed by atoms with Crippen molar-refractivity contribution in [3.05, 3.63) is 26.5 Å². The molecule has 18 heavy (non-hydrogen) atoms. The molecule has 2 heterocycles. The zero-order valence-corrected chi connectivity index (χ0v) is 13.9. The molecule has 2 aromatic rings. The standard InChI is InChI=1S/C14H16BrIN2/c15-11-6-12-13(16)9-18(14(12)17-7-11)8-10-4-2-1-3-5-10/h6-7,9-10H,1-5,8H2. The lowest BCUT2D eigenvalue weighted by molar-refractivity contribution is 0.322. The maximum atomic E-state index is 4.58. The van der Waals surface area contributed by atoms with Crippen LogP contribution < -0.4 is 0 Å². The van der Waals surface area contributed by atoms with Gasteiger partial charge in [-0.25, -0.2) is 4.98 Å². The maximum absolute atomic E-state index is 4.58. The minimum atomic E-state index is 0.843. The van der Waals surface area contributed by atoms with E-state index in [2.05, 4.69) is 60.3 Å². The lowest BCUT2D eigenvalue weighted by Crippen LogP contribution is -2.13. The van der Waals surface area contributed by atoms with Gasteiger partial charge >= 0.3 is 0 Å². The summed E-state index contributed by atoms with van der Waals surface area (Å²) in [5.41, 5.74) is 1.13. The predicted octanol–water partition coefficient (Wildman–Crippen LogP) is 4.98. The summed E-state index contributed by atoms with van der Waals surface area (Å²) in [6.45, 7) is 1.13. The van der Waals surface area contributed by atoms with E-state index in [4.69, 9.17) is 0 Å². The predicted molar refractivity (Wildman–Crippen MR) is 86.7 cm³/mol. The van der Waals surface area contributed by atoms with Crippen LogP contribution in [0.4, 0.5) is 0 Å². The van der Waals surface area contributed by atoms with Crippen LogP contribution in [0.3, 0.4) is 0 Å². The zero-order valence-electron chi connectivity index (χ0n) is 10.2. The summed E-state index contributed by atoms with van der Waals surface area (Å²) in [5, 5.41) is 1.26. The van der Waals surface area contributed by atoms with Crippen molar-refractivity contribution < 1.29 is 0 Å². The first-order valence-electron chi connectivity index (χ1n) is 6.54. The number of pyridine rings is 1. The van der Waals surface area contributed by atoms with Crippen LogP contribution in [0.25, 0.3) is 11.0 Å². The Kier molecular flexibility index (Phi) is 3.94. The van der Waals surface area contributed by atoms with Gasteiger partial charge in [-0.2, -0.15) is 0 Å². The van der Waals surface area contributed by atoms with E-state index in [1.165, 1.54) is 41.1 Å². The molecular weight excluding hydrogens is 403 g/mol. The Balaban J connectivity index is 1.91. The van der Waals surface area contributed by atoms with Crippen molar-refractivity contribution >= 4 is 49.6 Å². The van der Waals surface area contributed by atoms with E-state index < -0.39 is 0 Å². The van der Waals surface area contributed by atoms with Gasteiger partial charge in [0, 0.05) is 32.4 Å². The van der Waals surface area contributed by atoms with Crippen molar-refractivity contribution in [3.8, 4) is 0 Å². The number of rotatable bonds is 2. The fraction of sp³-hybridized carbons (Fsp3) is 0.500. The maximum Gasteiger partial charge on any atom is 0.141 e. The summed E-state index contributed by atoms with van der Waals surface area (Å²) >= 11 is 5.91. The fourth-order valence-corrected chi connectivity index (χ4v) is 3.96. The van der Waals surface area contributed by atoms with Crippen LogP contribution in [0.2, 0.25) is 0 Å². The average Bonchev–Trinajstić information content (AvgIpc) is 2.67. The summed E-state index contributed by atoms with van der Waals surface area (Å²) in [6, 6.07) is 2.17. The van der Waals surface area contributed by atoms with Crippen molar-refractivity contribution in [1.82, 2.24) is 9.55 Å². The third-order valence-corrected chi connectivity index (χ3v) is 5.10. The number of hydrogen-bond donors (Lipinski definition) is 0. The number of fused-ring (bicyclic) bond motifs is 1. The topological polar surface area (TPSA) is 17.8 Å². The first-order valence-corrected chi connectivity index (χ1v) is 8.41. The Hall–Kier alpha value is -0.100. The molecule has 0 N–H and O–H groups in total. The van der Waals surface area contributed by atoms with Crippen LogP contribution >= 0.6 is 38.5 Å². The second kappa shape index (κ2) is 5.49. The van der Waals surface area contributed by atoms with Gasteiger partial charge in [-0.15, -0.1) is 0 Å². The molecule has 0 radical (unpaired) electrons. The van der Waals surface area contributed by atoms with Crippen LogP contribution in [-0.4, -0.2) is 9.55 Å². The lowest BCUT2D eigenvalue weighted by atomic mass is 9.89. The van der Waals surface area contributed by atoms with Crippen molar-refractivity contribution in [2.24, 2.45) is 5.92 Å². The van der Waals surface area contributed by atoms with Crippen LogP contribution in [0.5, 0.6) is 0 Å². The van der Waals surface area contributed by atoms with E-state index >= 15 is 0 Å². The molecule has 2 aromatic heterocycles. The summed E-state index contributed by atoms with van der Waals surface area (Å²) in [5.74, 6) is 0.843. The van der Waals surface area contributed by atoms with Crippen molar-refractivity contribution in [2.75, 3.05) is 0 Å². The molecule has 4 heteroatoms. The minimum Gasteiger partial charge on any atom is -0.331 e. The average molecular weight is 419 g/mol. The van der Waals surface area contributed by atoms with Crippen LogP contribution in [-0.2, 0) is 6.54 Å². The van der Waals surface area contributed by atoms with Gasteiger partial charge in [0.25, 0.3) is 0 Å². The zero-order chi connectivity index (χ0) is 12.5. The first-order chi connectivity index (χ1) is 8.74. The van der Waals surface area contributed by atoms with Gasteiger partial charge in [-0.1, -0.05) is 19.3 Å². The number of nitrogens with zero attached hydrogens (tertiary/aromatic N) is 2. The third kappa shape index (κ3) is 2.59. The largest absolute Gasteiger partial charge is 0.331 e. The van der Waals surface area contributed by atoms with Gasteiger partial charge in [-0.3, -0.25) is 0 Å². The molecule has 2 nitrogen and oxygen atoms in total. The highest BCUT2D eigenvalue weighted by Crippen LogP contribution is 2.29. The summed E-state index contributed by atoms with van der Waals surface area (Å²) in [7, 11) is 0. The molecule has 1 saturated carbocycles. The highest BCUT2D eigenvalue weighted by atomic mass is 127. The van der Waals surface area contributed by atoms with Gasteiger partial charge in [-0.05, 0) is 63.3 Å². The molecule has 3 rings (SSSR count). The molecule has 0 aliphatic heterocycles. The molecule has 0 bridgehead atoms. The van der Waals surface area contributed by atoms with E-state index in [1.807, 2.05) is 6.20 Å². The van der Waals surface area contributed by atoms with E-state index in [1.54, 1.807) is 0 Å². The third-order valence-electron chi connectivity index (χ3n) is 3.81. The van der Waals surface area contributed by atoms with Gasteiger partial charge in [0.2, 0.25) is 0 Å². The van der Waals surface area contributed by atoms with E-state index in [0.29, 0.717) is 0 Å². The van der Waals surface area contributed by atoms with Crippen molar-refractivity contribution in [1.29, 1.82) is 0 Å². The minimum absolute atomic E-state index is 0.843. The Morgan fingerprint density at radius 3 is 2.89 bits per heavy atom. The normalized spacial score (nSPS) is 17.4. The molecule has 0 aromatic carbocycles. The van der Waals surface area contributed by atoms with Gasteiger partial charge < -0.3 is 4.57 Å². The smallest absolute Gasteiger partial charge is 0.141 e. The van der Waals surface area contributed by atoms with Gasteiger partial charge in [0.15, 0.2) is 0 Å². The molecule has 1 fully saturated rings. The fourth-order valence-electron chi connectivity index (χ4n) is 2.89. The number of aromatic nitrogens is 2. The quantitative estimate of drug-likeness (QED) is 0.628. The molecule has 0 amide bonds. The number of halogens is 2. The molecule has 1 aliphatic carbocycles. The Morgan fingerprint density at radius 2 is 2.11 bits per heavy atom. The number of hydrogen-bond acceptors (Lipinski definition) is 1. The summed E-state index contributed by atoms with van der Waals surface area (Å²) < 4.78 is 4.70. The lowest BCUT2D eigenvalue weighted by Gasteiger charge is -2.22. The Labute approximate surface area is 129 Å². The van der Waals surface area contributed by atoms with E-state index in [0.717, 1.165) is 22.6 Å². The molecule has 0 unspecified atom stereocenters. The monoisotopic (exact) mass is 418 g/mol. The summed E-state index contributed by atoms with van der Waals surface area (Å²) in [6.07, 6.45) is 11.1. The van der Waals surface area contributed by atoms with Crippen LogP contribution in [0.15, 0.2) is 22.9 Å². The molecule has 0 spiro atoms. The van der Waals surface area contributed by atoms with Crippen LogP contribution in [0, 0.1) is 9.49 Å². The molecule has 96 valence electrons. The van der Waals surface area contributed by atoms with E-state index in [9.17, 15) is 0 Å². The van der Waals surface area contributed by atoms with Crippen LogP contribution in [0.1, 0.15) is 32.1 Å². The molecule has 1 aliphatic rings. The second-order valence-corrected chi connectivity index (χ2v) is 7.24. The molecule has 0 saturated heterocycles. The SMILES string of the molecule is Brc1cnc2c(c1)c(I)cn2CC1CCCCC1. The second-order valence-electron chi connectivity index (χ2n) is 5.16. The Morgan fingerprint density at radius 1 is 1.33 bits per heavy atom. The highest BCUT2D eigenvalue weighted by Gasteiger charge is 2.16. The molecule has 0 atom stereocenters. The van der Waals surface area contributed by atoms with Crippen molar-refractivity contribution in [3.63, 3.8) is 0 Å². The van der Waals surface area contributed by atoms with E-state index in [-0.39, 0.29) is 0 Å². The first kappa shape index (κ1) is 12.9. The van der Waals surface area contributed by atoms with Crippen molar-refractivity contribution in [2.45, 2.75) is 38.6 Å². The summed E-state index contributed by atoms with van der Waals surface area (Å²) in [4.78, 5) is 4.58. The Bertz CT molecular complexity index is 558.